The number of benzene rings is 9. The molecule has 0 saturated carbocycles. The highest BCUT2D eigenvalue weighted by atomic mass is 16.3. The third-order valence-electron chi connectivity index (χ3n) is 10.5. The smallest absolute Gasteiger partial charge is 0.164 e. The van der Waals surface area contributed by atoms with E-state index in [1.807, 2.05) is 42.5 Å². The summed E-state index contributed by atoms with van der Waals surface area (Å²) in [4.78, 5) is 15.3. The van der Waals surface area contributed by atoms with Crippen LogP contribution in [0, 0.1) is 0 Å². The van der Waals surface area contributed by atoms with Gasteiger partial charge in [0.2, 0.25) is 0 Å². The van der Waals surface area contributed by atoms with Gasteiger partial charge < -0.3 is 4.42 Å². The fourth-order valence-electron chi connectivity index (χ4n) is 7.86. The molecule has 4 nitrogen and oxygen atoms in total. The fraction of sp³-hybridized carbons (Fsp3) is 0. The molecule has 246 valence electrons. The standard InChI is InChI=1S/C49H29N3O/c1-2-11-33(12-3-1)47-50-48(37-20-17-30-9-4-5-13-34(30)27-37)52-49(51-47)41-15-8-16-45-46(41)43-29-36(23-26-44(43)53-45)35-19-18-32-22-24-39-38-14-7-6-10-31(38)21-25-40(39)42(32)28-35/h1-29H. The average Bonchev–Trinajstić information content (AvgIpc) is 3.61. The van der Waals surface area contributed by atoms with Crippen LogP contribution in [0.1, 0.15) is 0 Å². The topological polar surface area (TPSA) is 51.8 Å². The molecule has 0 unspecified atom stereocenters. The summed E-state index contributed by atoms with van der Waals surface area (Å²) in [5.74, 6) is 1.85. The van der Waals surface area contributed by atoms with Crippen molar-refractivity contribution in [3.05, 3.63) is 176 Å². The summed E-state index contributed by atoms with van der Waals surface area (Å²) in [6, 6.07) is 61.8. The van der Waals surface area contributed by atoms with Gasteiger partial charge in [0.15, 0.2) is 17.5 Å². The number of nitrogens with zero attached hydrogens (tertiary/aromatic N) is 3. The number of furan rings is 1. The van der Waals surface area contributed by atoms with Crippen molar-refractivity contribution in [3.63, 3.8) is 0 Å². The maximum Gasteiger partial charge on any atom is 0.164 e. The van der Waals surface area contributed by atoms with Gasteiger partial charge in [-0.15, -0.1) is 0 Å². The Balaban J connectivity index is 1.10. The average molecular weight is 676 g/mol. The highest BCUT2D eigenvalue weighted by molar-refractivity contribution is 6.18. The summed E-state index contributed by atoms with van der Waals surface area (Å²) >= 11 is 0. The van der Waals surface area contributed by atoms with E-state index in [9.17, 15) is 0 Å². The van der Waals surface area contributed by atoms with E-state index in [1.54, 1.807) is 0 Å². The molecule has 0 saturated heterocycles. The summed E-state index contributed by atoms with van der Waals surface area (Å²) < 4.78 is 6.48. The zero-order chi connectivity index (χ0) is 34.9. The minimum absolute atomic E-state index is 0.602. The van der Waals surface area contributed by atoms with Crippen LogP contribution in [-0.4, -0.2) is 15.0 Å². The number of hydrogen-bond donors (Lipinski definition) is 0. The van der Waals surface area contributed by atoms with Crippen LogP contribution in [0.15, 0.2) is 180 Å². The van der Waals surface area contributed by atoms with Crippen LogP contribution in [0.2, 0.25) is 0 Å². The van der Waals surface area contributed by atoms with Crippen LogP contribution in [-0.2, 0) is 0 Å². The molecule has 0 radical (unpaired) electrons. The van der Waals surface area contributed by atoms with Gasteiger partial charge in [-0.3, -0.25) is 0 Å². The molecule has 0 aliphatic heterocycles. The Kier molecular flexibility index (Phi) is 6.52. The number of hydrogen-bond acceptors (Lipinski definition) is 4. The molecule has 0 atom stereocenters. The van der Waals surface area contributed by atoms with E-state index in [1.165, 1.54) is 37.7 Å². The van der Waals surface area contributed by atoms with E-state index in [4.69, 9.17) is 19.4 Å². The number of fused-ring (bicyclic) bond motifs is 9. The first-order valence-corrected chi connectivity index (χ1v) is 17.8. The minimum Gasteiger partial charge on any atom is -0.456 e. The van der Waals surface area contributed by atoms with E-state index in [0.717, 1.165) is 55.1 Å². The number of rotatable bonds is 4. The maximum absolute atomic E-state index is 6.48. The maximum atomic E-state index is 6.48. The predicted octanol–water partition coefficient (Wildman–Crippen LogP) is 13.1. The lowest BCUT2D eigenvalue weighted by molar-refractivity contribution is 0.669. The molecule has 4 heteroatoms. The number of aromatic nitrogens is 3. The molecule has 11 rings (SSSR count). The van der Waals surface area contributed by atoms with Crippen molar-refractivity contribution in [2.24, 2.45) is 0 Å². The van der Waals surface area contributed by atoms with Crippen molar-refractivity contribution in [2.75, 3.05) is 0 Å². The third-order valence-corrected chi connectivity index (χ3v) is 10.5. The molecule has 0 bridgehead atoms. The van der Waals surface area contributed by atoms with Gasteiger partial charge in [0.05, 0.1) is 0 Å². The van der Waals surface area contributed by atoms with Crippen LogP contribution in [0.5, 0.6) is 0 Å². The molecule has 0 aliphatic rings. The molecule has 0 amide bonds. The summed E-state index contributed by atoms with van der Waals surface area (Å²) in [6.07, 6.45) is 0. The van der Waals surface area contributed by atoms with Crippen LogP contribution in [0.4, 0.5) is 0 Å². The molecule has 0 spiro atoms. The van der Waals surface area contributed by atoms with Crippen molar-refractivity contribution in [2.45, 2.75) is 0 Å². The third kappa shape index (κ3) is 4.88. The largest absolute Gasteiger partial charge is 0.456 e. The molecule has 2 aromatic heterocycles. The minimum atomic E-state index is 0.602. The van der Waals surface area contributed by atoms with E-state index in [0.29, 0.717) is 17.5 Å². The first-order chi connectivity index (χ1) is 26.2. The lowest BCUT2D eigenvalue weighted by Gasteiger charge is -2.10. The van der Waals surface area contributed by atoms with Crippen molar-refractivity contribution < 1.29 is 4.42 Å². The zero-order valence-electron chi connectivity index (χ0n) is 28.5. The Morgan fingerprint density at radius 2 is 0.906 bits per heavy atom. The monoisotopic (exact) mass is 675 g/mol. The van der Waals surface area contributed by atoms with E-state index in [2.05, 4.69) is 133 Å². The highest BCUT2D eigenvalue weighted by Gasteiger charge is 2.19. The molecule has 11 aromatic rings. The van der Waals surface area contributed by atoms with Gasteiger partial charge in [0.1, 0.15) is 11.2 Å². The first kappa shape index (κ1) is 29.5. The second-order valence-corrected chi connectivity index (χ2v) is 13.6. The zero-order valence-corrected chi connectivity index (χ0v) is 28.5. The predicted molar refractivity (Wildman–Crippen MR) is 219 cm³/mol. The van der Waals surface area contributed by atoms with Crippen molar-refractivity contribution in [1.82, 2.24) is 15.0 Å². The molecule has 2 heterocycles. The van der Waals surface area contributed by atoms with Crippen LogP contribution >= 0.6 is 0 Å². The van der Waals surface area contributed by atoms with Gasteiger partial charge in [-0.25, -0.2) is 15.0 Å². The quantitative estimate of drug-likeness (QED) is 0.174. The summed E-state index contributed by atoms with van der Waals surface area (Å²) in [7, 11) is 0. The van der Waals surface area contributed by atoms with Crippen LogP contribution in [0.25, 0.3) is 110 Å². The van der Waals surface area contributed by atoms with Crippen molar-refractivity contribution in [3.8, 4) is 45.3 Å². The molecule has 9 aromatic carbocycles. The Labute approximate surface area is 304 Å². The van der Waals surface area contributed by atoms with Gasteiger partial charge in [-0.1, -0.05) is 146 Å². The molecule has 0 aliphatic carbocycles. The Morgan fingerprint density at radius 1 is 0.302 bits per heavy atom. The molecular formula is C49H29N3O. The Morgan fingerprint density at radius 3 is 1.75 bits per heavy atom. The van der Waals surface area contributed by atoms with E-state index >= 15 is 0 Å². The molecular weight excluding hydrogens is 647 g/mol. The summed E-state index contributed by atoms with van der Waals surface area (Å²) in [5, 5.41) is 11.8. The second-order valence-electron chi connectivity index (χ2n) is 13.6. The Bertz CT molecular complexity index is 3240. The van der Waals surface area contributed by atoms with Crippen LogP contribution < -0.4 is 0 Å². The highest BCUT2D eigenvalue weighted by Crippen LogP contribution is 2.40. The summed E-state index contributed by atoms with van der Waals surface area (Å²) in [5.41, 5.74) is 6.65. The van der Waals surface area contributed by atoms with Gasteiger partial charge >= 0.3 is 0 Å². The van der Waals surface area contributed by atoms with Crippen molar-refractivity contribution >= 4 is 65.0 Å². The van der Waals surface area contributed by atoms with E-state index in [-0.39, 0.29) is 0 Å². The summed E-state index contributed by atoms with van der Waals surface area (Å²) in [6.45, 7) is 0. The van der Waals surface area contributed by atoms with Gasteiger partial charge in [-0.05, 0) is 84.5 Å². The van der Waals surface area contributed by atoms with Gasteiger partial charge in [0.25, 0.3) is 0 Å². The fourth-order valence-corrected chi connectivity index (χ4v) is 7.86. The van der Waals surface area contributed by atoms with E-state index < -0.39 is 0 Å². The lowest BCUT2D eigenvalue weighted by Crippen LogP contribution is -2.00. The first-order valence-electron chi connectivity index (χ1n) is 17.8. The molecule has 53 heavy (non-hydrogen) atoms. The lowest BCUT2D eigenvalue weighted by atomic mass is 9.94. The van der Waals surface area contributed by atoms with Crippen molar-refractivity contribution in [1.29, 1.82) is 0 Å². The second kappa shape index (κ2) is 11.7. The van der Waals surface area contributed by atoms with Crippen LogP contribution in [0.3, 0.4) is 0 Å². The molecule has 0 fully saturated rings. The van der Waals surface area contributed by atoms with Gasteiger partial charge in [0, 0.05) is 27.5 Å². The Hall–Kier alpha value is -7.17. The molecule has 0 N–H and O–H groups in total. The normalized spacial score (nSPS) is 11.8. The van der Waals surface area contributed by atoms with Gasteiger partial charge in [-0.2, -0.15) is 0 Å². The SMILES string of the molecule is c1ccc(-c2nc(-c3ccc4ccccc4c3)nc(-c3cccc4oc5ccc(-c6ccc7ccc8c9ccccc9ccc8c7c6)cc5c34)n2)cc1.